The van der Waals surface area contributed by atoms with E-state index in [0.29, 0.717) is 18.8 Å². The Morgan fingerprint density at radius 3 is 2.90 bits per heavy atom. The van der Waals surface area contributed by atoms with Gasteiger partial charge in [0, 0.05) is 17.4 Å². The lowest BCUT2D eigenvalue weighted by Crippen LogP contribution is -2.28. The molecule has 0 aliphatic heterocycles. The van der Waals surface area contributed by atoms with E-state index in [9.17, 15) is 9.18 Å². The summed E-state index contributed by atoms with van der Waals surface area (Å²) in [5, 5.41) is 3.51. The van der Waals surface area contributed by atoms with Crippen LogP contribution in [0.25, 0.3) is 10.9 Å². The number of carbonyl (C=O) groups excluding carboxylic acids is 1. The van der Waals surface area contributed by atoms with Crippen LogP contribution >= 0.6 is 0 Å². The molecule has 1 aromatic heterocycles. The van der Waals surface area contributed by atoms with E-state index >= 15 is 0 Å². The zero-order valence-corrected chi connectivity index (χ0v) is 11.9. The second-order valence-electron chi connectivity index (χ2n) is 4.99. The van der Waals surface area contributed by atoms with Crippen molar-refractivity contribution in [2.75, 3.05) is 13.2 Å². The Hall–Kier alpha value is -1.88. The number of halogens is 1. The summed E-state index contributed by atoms with van der Waals surface area (Å²) in [7, 11) is 0. The molecular weight excluding hydrogens is 259 g/mol. The van der Waals surface area contributed by atoms with Gasteiger partial charge in [-0.25, -0.2) is 4.39 Å². The van der Waals surface area contributed by atoms with Crippen molar-refractivity contribution in [1.82, 2.24) is 10.3 Å². The van der Waals surface area contributed by atoms with Crippen LogP contribution in [0.3, 0.4) is 0 Å². The van der Waals surface area contributed by atoms with Crippen molar-refractivity contribution in [3.63, 3.8) is 0 Å². The minimum absolute atomic E-state index is 0.143. The number of ether oxygens (including phenoxy) is 1. The summed E-state index contributed by atoms with van der Waals surface area (Å²) in [6.07, 6.45) is 0.143. The minimum Gasteiger partial charge on any atom is -0.377 e. The molecule has 5 heteroatoms. The van der Waals surface area contributed by atoms with E-state index < -0.39 is 0 Å². The van der Waals surface area contributed by atoms with Gasteiger partial charge in [-0.2, -0.15) is 0 Å². The molecule has 2 aromatic rings. The molecule has 2 rings (SSSR count). The van der Waals surface area contributed by atoms with Crippen LogP contribution in [0, 0.1) is 12.7 Å². The molecule has 0 saturated carbocycles. The number of aromatic amines is 1. The highest BCUT2D eigenvalue weighted by Crippen LogP contribution is 2.22. The molecule has 0 atom stereocenters. The van der Waals surface area contributed by atoms with Crippen molar-refractivity contribution in [1.29, 1.82) is 0 Å². The van der Waals surface area contributed by atoms with Gasteiger partial charge in [0.15, 0.2) is 0 Å². The molecular formula is C15H19FN2O2. The van der Waals surface area contributed by atoms with Crippen molar-refractivity contribution >= 4 is 16.8 Å². The summed E-state index contributed by atoms with van der Waals surface area (Å²) in [6, 6.07) is 4.44. The fraction of sp³-hybridized carbons (Fsp3) is 0.400. The number of aryl methyl sites for hydroxylation is 1. The van der Waals surface area contributed by atoms with E-state index in [1.165, 1.54) is 12.1 Å². The standard InChI is InChI=1S/C15H19FN2O2/c1-9(2)20-7-6-17-15(19)14-10(3)12-8-11(16)4-5-13(12)18-14/h4-5,8-9,18H,6-7H2,1-3H3,(H,17,19). The van der Waals surface area contributed by atoms with E-state index in [1.807, 2.05) is 13.8 Å². The van der Waals surface area contributed by atoms with Crippen LogP contribution in [0.4, 0.5) is 4.39 Å². The zero-order valence-electron chi connectivity index (χ0n) is 11.9. The molecule has 0 aliphatic rings. The molecule has 0 saturated heterocycles. The van der Waals surface area contributed by atoms with Gasteiger partial charge in [-0.1, -0.05) is 0 Å². The van der Waals surface area contributed by atoms with Crippen molar-refractivity contribution in [2.24, 2.45) is 0 Å². The molecule has 4 nitrogen and oxygen atoms in total. The number of hydrogen-bond donors (Lipinski definition) is 2. The van der Waals surface area contributed by atoms with Gasteiger partial charge in [-0.05, 0) is 44.5 Å². The quantitative estimate of drug-likeness (QED) is 0.826. The van der Waals surface area contributed by atoms with E-state index in [2.05, 4.69) is 10.3 Å². The number of carbonyl (C=O) groups is 1. The summed E-state index contributed by atoms with van der Waals surface area (Å²) in [6.45, 7) is 6.60. The number of aromatic nitrogens is 1. The second-order valence-corrected chi connectivity index (χ2v) is 4.99. The Bertz CT molecular complexity index is 620. The summed E-state index contributed by atoms with van der Waals surface area (Å²) >= 11 is 0. The Labute approximate surface area is 117 Å². The first-order chi connectivity index (χ1) is 9.49. The lowest BCUT2D eigenvalue weighted by Gasteiger charge is -2.08. The molecule has 1 heterocycles. The molecule has 0 spiro atoms. The van der Waals surface area contributed by atoms with Gasteiger partial charge >= 0.3 is 0 Å². The molecule has 2 N–H and O–H groups in total. The Morgan fingerprint density at radius 2 is 2.20 bits per heavy atom. The fourth-order valence-electron chi connectivity index (χ4n) is 2.07. The highest BCUT2D eigenvalue weighted by molar-refractivity contribution is 6.00. The van der Waals surface area contributed by atoms with Gasteiger partial charge in [0.05, 0.1) is 12.7 Å². The van der Waals surface area contributed by atoms with Crippen LogP contribution in [0.15, 0.2) is 18.2 Å². The summed E-state index contributed by atoms with van der Waals surface area (Å²) in [5.41, 5.74) is 1.98. The van der Waals surface area contributed by atoms with Gasteiger partial charge in [0.1, 0.15) is 11.5 Å². The molecule has 0 radical (unpaired) electrons. The van der Waals surface area contributed by atoms with Gasteiger partial charge in [0.25, 0.3) is 5.91 Å². The lowest BCUT2D eigenvalue weighted by molar-refractivity contribution is 0.0745. The van der Waals surface area contributed by atoms with E-state index in [-0.39, 0.29) is 17.8 Å². The number of hydrogen-bond acceptors (Lipinski definition) is 2. The maximum atomic E-state index is 13.2. The SMILES string of the molecule is Cc1c(C(=O)NCCOC(C)C)[nH]c2ccc(F)cc12. The number of H-pyrrole nitrogens is 1. The predicted molar refractivity (Wildman–Crippen MR) is 76.4 cm³/mol. The summed E-state index contributed by atoms with van der Waals surface area (Å²) in [5.74, 6) is -0.511. The van der Waals surface area contributed by atoms with Gasteiger partial charge in [-0.3, -0.25) is 4.79 Å². The van der Waals surface area contributed by atoms with Crippen LogP contribution in [-0.4, -0.2) is 30.1 Å². The number of benzene rings is 1. The maximum absolute atomic E-state index is 13.2. The molecule has 0 bridgehead atoms. The molecule has 1 aromatic carbocycles. The first-order valence-corrected chi connectivity index (χ1v) is 6.66. The predicted octanol–water partition coefficient (Wildman–Crippen LogP) is 2.77. The number of fused-ring (bicyclic) bond motifs is 1. The van der Waals surface area contributed by atoms with E-state index in [1.54, 1.807) is 13.0 Å². The topological polar surface area (TPSA) is 54.1 Å². The highest BCUT2D eigenvalue weighted by Gasteiger charge is 2.14. The minimum atomic E-state index is -0.308. The number of amides is 1. The second kappa shape index (κ2) is 6.05. The normalized spacial score (nSPS) is 11.2. The van der Waals surface area contributed by atoms with E-state index in [0.717, 1.165) is 16.5 Å². The average molecular weight is 278 g/mol. The molecule has 0 unspecified atom stereocenters. The molecule has 108 valence electrons. The number of nitrogens with one attached hydrogen (secondary N) is 2. The smallest absolute Gasteiger partial charge is 0.268 e. The van der Waals surface area contributed by atoms with Crippen LogP contribution in [0.1, 0.15) is 29.9 Å². The fourth-order valence-corrected chi connectivity index (χ4v) is 2.07. The third kappa shape index (κ3) is 3.17. The summed E-state index contributed by atoms with van der Waals surface area (Å²) in [4.78, 5) is 15.1. The largest absolute Gasteiger partial charge is 0.377 e. The monoisotopic (exact) mass is 278 g/mol. The van der Waals surface area contributed by atoms with Crippen molar-refractivity contribution in [3.05, 3.63) is 35.3 Å². The van der Waals surface area contributed by atoms with Crippen molar-refractivity contribution in [2.45, 2.75) is 26.9 Å². The van der Waals surface area contributed by atoms with Gasteiger partial charge in [-0.15, -0.1) is 0 Å². The Balaban J connectivity index is 2.08. The molecule has 20 heavy (non-hydrogen) atoms. The Kier molecular flexibility index (Phi) is 4.39. The molecule has 0 fully saturated rings. The van der Waals surface area contributed by atoms with Crippen LogP contribution in [-0.2, 0) is 4.74 Å². The third-order valence-electron chi connectivity index (χ3n) is 3.09. The first-order valence-electron chi connectivity index (χ1n) is 6.66. The van der Waals surface area contributed by atoms with Crippen molar-refractivity contribution in [3.8, 4) is 0 Å². The average Bonchev–Trinajstić information content (AvgIpc) is 2.72. The first kappa shape index (κ1) is 14.5. The van der Waals surface area contributed by atoms with Crippen LogP contribution in [0.2, 0.25) is 0 Å². The summed E-state index contributed by atoms with van der Waals surface area (Å²) < 4.78 is 18.6. The third-order valence-corrected chi connectivity index (χ3v) is 3.09. The van der Waals surface area contributed by atoms with Crippen LogP contribution in [0.5, 0.6) is 0 Å². The number of rotatable bonds is 5. The molecule has 0 aliphatic carbocycles. The van der Waals surface area contributed by atoms with Gasteiger partial charge < -0.3 is 15.0 Å². The van der Waals surface area contributed by atoms with Gasteiger partial charge in [0.2, 0.25) is 0 Å². The lowest BCUT2D eigenvalue weighted by atomic mass is 10.1. The maximum Gasteiger partial charge on any atom is 0.268 e. The Morgan fingerprint density at radius 1 is 1.45 bits per heavy atom. The van der Waals surface area contributed by atoms with Crippen LogP contribution < -0.4 is 5.32 Å². The molecule has 1 amide bonds. The highest BCUT2D eigenvalue weighted by atomic mass is 19.1. The van der Waals surface area contributed by atoms with E-state index in [4.69, 9.17) is 4.74 Å². The zero-order chi connectivity index (χ0) is 14.7. The van der Waals surface area contributed by atoms with Crippen molar-refractivity contribution < 1.29 is 13.9 Å².